The van der Waals surface area contributed by atoms with Gasteiger partial charge in [-0.2, -0.15) is 0 Å². The number of nitrogens with zero attached hydrogens (tertiary/aromatic N) is 2. The molecular weight excluding hydrogens is 382 g/mol. The molecule has 0 spiro atoms. The Morgan fingerprint density at radius 1 is 1.27 bits per heavy atom. The predicted molar refractivity (Wildman–Crippen MR) is 112 cm³/mol. The first-order chi connectivity index (χ1) is 14.3. The Bertz CT molecular complexity index is 945. The van der Waals surface area contributed by atoms with Crippen molar-refractivity contribution < 1.29 is 19.1 Å². The molecule has 0 aliphatic carbocycles. The Balaban J connectivity index is 1.44. The SMILES string of the molecule is C[C@@H]1CC[C@@H](Nc2nccc3c2C(=O)OC3(C)C)CN1C(=O)OCc1ccccc1. The molecule has 0 radical (unpaired) electrons. The lowest BCUT2D eigenvalue weighted by Gasteiger charge is -2.37. The summed E-state index contributed by atoms with van der Waals surface area (Å²) in [6.45, 7) is 6.49. The fourth-order valence-corrected chi connectivity index (χ4v) is 4.09. The fraction of sp³-hybridized carbons (Fsp3) is 0.435. The van der Waals surface area contributed by atoms with E-state index in [2.05, 4.69) is 10.3 Å². The lowest BCUT2D eigenvalue weighted by Crippen LogP contribution is -2.50. The van der Waals surface area contributed by atoms with E-state index in [0.29, 0.717) is 17.9 Å². The second-order valence-corrected chi connectivity index (χ2v) is 8.44. The number of ether oxygens (including phenoxy) is 2. The highest BCUT2D eigenvalue weighted by Gasteiger charge is 2.40. The van der Waals surface area contributed by atoms with Crippen LogP contribution in [0.3, 0.4) is 0 Å². The summed E-state index contributed by atoms with van der Waals surface area (Å²) in [7, 11) is 0. The highest BCUT2D eigenvalue weighted by Crippen LogP contribution is 2.38. The van der Waals surface area contributed by atoms with Crippen LogP contribution in [0.25, 0.3) is 0 Å². The van der Waals surface area contributed by atoms with Crippen LogP contribution in [0, 0.1) is 0 Å². The van der Waals surface area contributed by atoms with Crippen molar-refractivity contribution in [3.05, 3.63) is 59.3 Å². The van der Waals surface area contributed by atoms with Crippen LogP contribution in [0.5, 0.6) is 0 Å². The van der Waals surface area contributed by atoms with Crippen molar-refractivity contribution in [3.8, 4) is 0 Å². The van der Waals surface area contributed by atoms with E-state index < -0.39 is 5.60 Å². The third-order valence-electron chi connectivity index (χ3n) is 5.81. The molecule has 1 N–H and O–H groups in total. The monoisotopic (exact) mass is 409 g/mol. The molecule has 2 atom stereocenters. The Kier molecular flexibility index (Phi) is 5.37. The molecule has 2 aliphatic rings. The number of pyridine rings is 1. The average molecular weight is 409 g/mol. The van der Waals surface area contributed by atoms with Crippen molar-refractivity contribution in [3.63, 3.8) is 0 Å². The normalized spacial score (nSPS) is 22.2. The molecular formula is C23H27N3O4. The van der Waals surface area contributed by atoms with E-state index in [-0.39, 0.29) is 30.8 Å². The number of likely N-dealkylation sites (tertiary alicyclic amines) is 1. The molecule has 0 bridgehead atoms. The van der Waals surface area contributed by atoms with E-state index in [4.69, 9.17) is 9.47 Å². The third kappa shape index (κ3) is 3.97. The lowest BCUT2D eigenvalue weighted by atomic mass is 9.96. The van der Waals surface area contributed by atoms with E-state index in [0.717, 1.165) is 24.0 Å². The zero-order valence-corrected chi connectivity index (χ0v) is 17.6. The fourth-order valence-electron chi connectivity index (χ4n) is 4.09. The lowest BCUT2D eigenvalue weighted by molar-refractivity contribution is 0.00955. The number of amides is 1. The number of nitrogens with one attached hydrogen (secondary N) is 1. The van der Waals surface area contributed by atoms with Gasteiger partial charge in [0.25, 0.3) is 0 Å². The number of benzene rings is 1. The van der Waals surface area contributed by atoms with Crippen LogP contribution in [-0.4, -0.2) is 40.6 Å². The maximum Gasteiger partial charge on any atom is 0.410 e. The Labute approximate surface area is 176 Å². The largest absolute Gasteiger partial charge is 0.451 e. The minimum Gasteiger partial charge on any atom is -0.451 e. The number of carbonyl (C=O) groups is 2. The second kappa shape index (κ2) is 7.97. The Morgan fingerprint density at radius 2 is 2.03 bits per heavy atom. The molecule has 1 amide bonds. The first-order valence-corrected chi connectivity index (χ1v) is 10.3. The van der Waals surface area contributed by atoms with Gasteiger partial charge in [0.2, 0.25) is 0 Å². The Morgan fingerprint density at radius 3 is 2.80 bits per heavy atom. The van der Waals surface area contributed by atoms with Crippen LogP contribution < -0.4 is 5.32 Å². The zero-order valence-electron chi connectivity index (χ0n) is 17.6. The highest BCUT2D eigenvalue weighted by atomic mass is 16.6. The second-order valence-electron chi connectivity index (χ2n) is 8.44. The molecule has 7 heteroatoms. The summed E-state index contributed by atoms with van der Waals surface area (Å²) in [5, 5.41) is 3.37. The number of rotatable bonds is 4. The topological polar surface area (TPSA) is 80.8 Å². The molecule has 4 rings (SSSR count). The van der Waals surface area contributed by atoms with Gasteiger partial charge >= 0.3 is 12.1 Å². The van der Waals surface area contributed by atoms with E-state index >= 15 is 0 Å². The quantitative estimate of drug-likeness (QED) is 0.766. The van der Waals surface area contributed by atoms with Crippen molar-refractivity contribution in [1.29, 1.82) is 0 Å². The molecule has 1 aromatic heterocycles. The highest BCUT2D eigenvalue weighted by molar-refractivity contribution is 5.99. The van der Waals surface area contributed by atoms with Crippen LogP contribution in [0.15, 0.2) is 42.6 Å². The van der Waals surface area contributed by atoms with E-state index in [1.54, 1.807) is 11.1 Å². The minimum absolute atomic E-state index is 0.0269. The molecule has 2 aromatic rings. The van der Waals surface area contributed by atoms with Gasteiger partial charge in [-0.1, -0.05) is 30.3 Å². The van der Waals surface area contributed by atoms with Gasteiger partial charge in [-0.3, -0.25) is 0 Å². The molecule has 0 saturated carbocycles. The molecule has 30 heavy (non-hydrogen) atoms. The minimum atomic E-state index is -0.667. The number of piperidine rings is 1. The summed E-state index contributed by atoms with van der Waals surface area (Å²) in [6, 6.07) is 11.5. The molecule has 7 nitrogen and oxygen atoms in total. The number of carbonyl (C=O) groups excluding carboxylic acids is 2. The van der Waals surface area contributed by atoms with E-state index in [9.17, 15) is 9.59 Å². The van der Waals surface area contributed by atoms with Crippen LogP contribution in [0.1, 0.15) is 55.1 Å². The first-order valence-electron chi connectivity index (χ1n) is 10.3. The third-order valence-corrected chi connectivity index (χ3v) is 5.81. The summed E-state index contributed by atoms with van der Waals surface area (Å²) in [5.74, 6) is 0.147. The smallest absolute Gasteiger partial charge is 0.410 e. The summed E-state index contributed by atoms with van der Waals surface area (Å²) < 4.78 is 11.0. The summed E-state index contributed by atoms with van der Waals surface area (Å²) in [6.07, 6.45) is 3.06. The molecule has 1 aromatic carbocycles. The average Bonchev–Trinajstić information content (AvgIpc) is 2.97. The van der Waals surface area contributed by atoms with Gasteiger partial charge < -0.3 is 19.7 Å². The van der Waals surface area contributed by atoms with E-state index in [1.807, 2.05) is 57.2 Å². The summed E-state index contributed by atoms with van der Waals surface area (Å²) >= 11 is 0. The molecule has 158 valence electrons. The summed E-state index contributed by atoms with van der Waals surface area (Å²) in [4.78, 5) is 31.2. The summed E-state index contributed by atoms with van der Waals surface area (Å²) in [5.41, 5.74) is 1.60. The maximum atomic E-state index is 12.7. The number of hydrogen-bond donors (Lipinski definition) is 1. The van der Waals surface area contributed by atoms with Crippen LogP contribution in [-0.2, 0) is 21.7 Å². The van der Waals surface area contributed by atoms with Crippen molar-refractivity contribution in [2.75, 3.05) is 11.9 Å². The van der Waals surface area contributed by atoms with Gasteiger partial charge in [0.1, 0.15) is 23.6 Å². The van der Waals surface area contributed by atoms with Crippen LogP contribution in [0.2, 0.25) is 0 Å². The van der Waals surface area contributed by atoms with Crippen LogP contribution >= 0.6 is 0 Å². The van der Waals surface area contributed by atoms with Crippen molar-refractivity contribution in [1.82, 2.24) is 9.88 Å². The number of hydrogen-bond acceptors (Lipinski definition) is 6. The number of esters is 1. The number of anilines is 1. The van der Waals surface area contributed by atoms with Gasteiger partial charge in [-0.25, -0.2) is 14.6 Å². The number of cyclic esters (lactones) is 1. The van der Waals surface area contributed by atoms with Gasteiger partial charge in [0.05, 0.1) is 0 Å². The number of aromatic nitrogens is 1. The van der Waals surface area contributed by atoms with Gasteiger partial charge in [0, 0.05) is 30.4 Å². The number of fused-ring (bicyclic) bond motifs is 1. The van der Waals surface area contributed by atoms with Crippen molar-refractivity contribution >= 4 is 17.9 Å². The molecule has 3 heterocycles. The van der Waals surface area contributed by atoms with Crippen molar-refractivity contribution in [2.45, 2.75) is 57.9 Å². The zero-order chi connectivity index (χ0) is 21.3. The Hall–Kier alpha value is -3.09. The maximum absolute atomic E-state index is 12.7. The standard InChI is InChI=1S/C23H27N3O4/c1-15-9-10-17(13-26(15)22(28)29-14-16-7-5-4-6-8-16)25-20-19-18(11-12-24-20)23(2,3)30-21(19)27/h4-8,11-12,15,17H,9-10,13-14H2,1-3H3,(H,24,25)/t15-,17-/m1/s1. The van der Waals surface area contributed by atoms with Gasteiger partial charge in [-0.15, -0.1) is 0 Å². The van der Waals surface area contributed by atoms with Crippen LogP contribution in [0.4, 0.5) is 10.6 Å². The predicted octanol–water partition coefficient (Wildman–Crippen LogP) is 4.09. The first kappa shape index (κ1) is 20.2. The molecule has 1 saturated heterocycles. The van der Waals surface area contributed by atoms with Gasteiger partial charge in [0.15, 0.2) is 0 Å². The molecule has 2 aliphatic heterocycles. The van der Waals surface area contributed by atoms with Crippen molar-refractivity contribution in [2.24, 2.45) is 0 Å². The van der Waals surface area contributed by atoms with E-state index in [1.165, 1.54) is 0 Å². The molecule has 1 fully saturated rings. The van der Waals surface area contributed by atoms with Gasteiger partial charge in [-0.05, 0) is 45.2 Å². The molecule has 0 unspecified atom stereocenters.